The largest absolute Gasteiger partial charge is 0.497 e. The molecular formula is C25H28N4O3. The summed E-state index contributed by atoms with van der Waals surface area (Å²) in [6.45, 7) is 1.16. The van der Waals surface area contributed by atoms with E-state index in [0.717, 1.165) is 19.4 Å². The first kappa shape index (κ1) is 21.6. The minimum atomic E-state index is -0.283. The highest BCUT2D eigenvalue weighted by Gasteiger charge is 2.29. The fraction of sp³-hybridized carbons (Fsp3) is 0.280. The summed E-state index contributed by atoms with van der Waals surface area (Å²) >= 11 is 0. The van der Waals surface area contributed by atoms with E-state index in [0.29, 0.717) is 22.7 Å². The normalized spacial score (nSPS) is 16.0. The summed E-state index contributed by atoms with van der Waals surface area (Å²) in [4.78, 5) is 27.9. The molecule has 4 rings (SSSR count). The quantitative estimate of drug-likeness (QED) is 0.590. The van der Waals surface area contributed by atoms with E-state index < -0.39 is 0 Å². The van der Waals surface area contributed by atoms with Gasteiger partial charge < -0.3 is 19.9 Å². The van der Waals surface area contributed by atoms with Crippen LogP contribution in [-0.2, 0) is 11.8 Å². The molecule has 7 nitrogen and oxygen atoms in total. The smallest absolute Gasteiger partial charge is 0.257 e. The molecule has 0 bridgehead atoms. The molecule has 2 N–H and O–H groups in total. The van der Waals surface area contributed by atoms with E-state index in [1.807, 2.05) is 25.4 Å². The molecule has 2 amide bonds. The molecule has 7 heteroatoms. The zero-order chi connectivity index (χ0) is 22.5. The van der Waals surface area contributed by atoms with Gasteiger partial charge in [-0.15, -0.1) is 0 Å². The Balaban J connectivity index is 1.42. The first-order chi connectivity index (χ1) is 15.5. The van der Waals surface area contributed by atoms with Crippen LogP contribution >= 0.6 is 0 Å². The number of anilines is 2. The number of likely N-dealkylation sites (tertiary alicyclic amines) is 1. The number of rotatable bonds is 7. The second-order valence-electron chi connectivity index (χ2n) is 7.95. The molecule has 2 aromatic carbocycles. The van der Waals surface area contributed by atoms with Crippen molar-refractivity contribution in [3.05, 3.63) is 78.1 Å². The molecule has 1 atom stereocenters. The van der Waals surface area contributed by atoms with Crippen molar-refractivity contribution in [1.29, 1.82) is 0 Å². The number of para-hydroxylation sites is 1. The molecule has 1 aromatic heterocycles. The van der Waals surface area contributed by atoms with Crippen molar-refractivity contribution >= 4 is 23.2 Å². The highest BCUT2D eigenvalue weighted by atomic mass is 16.5. The van der Waals surface area contributed by atoms with Crippen molar-refractivity contribution in [2.45, 2.75) is 18.9 Å². The van der Waals surface area contributed by atoms with Gasteiger partial charge in [0, 0.05) is 24.6 Å². The summed E-state index contributed by atoms with van der Waals surface area (Å²) in [6, 6.07) is 18.5. The Morgan fingerprint density at radius 1 is 1.03 bits per heavy atom. The maximum absolute atomic E-state index is 12.9. The lowest BCUT2D eigenvalue weighted by atomic mass is 10.1. The van der Waals surface area contributed by atoms with Gasteiger partial charge >= 0.3 is 0 Å². The SMILES string of the molecule is COc1ccc(NC(=O)c2ccccc2NC(=O)CN2CCCC2c2cccn2C)cc1. The molecule has 1 saturated heterocycles. The number of carbonyl (C=O) groups excluding carboxylic acids is 2. The molecule has 1 aliphatic rings. The molecule has 1 aliphatic heterocycles. The van der Waals surface area contributed by atoms with Gasteiger partial charge in [-0.05, 0) is 67.9 Å². The van der Waals surface area contributed by atoms with Crippen LogP contribution in [0.1, 0.15) is 34.9 Å². The molecule has 0 saturated carbocycles. The zero-order valence-electron chi connectivity index (χ0n) is 18.4. The Kier molecular flexibility index (Phi) is 6.56. The summed E-state index contributed by atoms with van der Waals surface area (Å²) in [5, 5.41) is 5.80. The van der Waals surface area contributed by atoms with E-state index in [1.165, 1.54) is 5.69 Å². The van der Waals surface area contributed by atoms with Crippen molar-refractivity contribution in [2.24, 2.45) is 7.05 Å². The topological polar surface area (TPSA) is 75.6 Å². The fourth-order valence-corrected chi connectivity index (χ4v) is 4.21. The zero-order valence-corrected chi connectivity index (χ0v) is 18.4. The van der Waals surface area contributed by atoms with Gasteiger partial charge in [-0.2, -0.15) is 0 Å². The number of nitrogens with zero attached hydrogens (tertiary/aromatic N) is 2. The molecule has 3 aromatic rings. The first-order valence-electron chi connectivity index (χ1n) is 10.7. The van der Waals surface area contributed by atoms with Gasteiger partial charge in [0.2, 0.25) is 5.91 Å². The predicted octanol–water partition coefficient (Wildman–Crippen LogP) is 4.06. The highest BCUT2D eigenvalue weighted by Crippen LogP contribution is 2.31. The monoisotopic (exact) mass is 432 g/mol. The second kappa shape index (κ2) is 9.70. The molecule has 0 spiro atoms. The average Bonchev–Trinajstić information content (AvgIpc) is 3.42. The van der Waals surface area contributed by atoms with Crippen molar-refractivity contribution in [1.82, 2.24) is 9.47 Å². The van der Waals surface area contributed by atoms with Crippen LogP contribution < -0.4 is 15.4 Å². The van der Waals surface area contributed by atoms with Gasteiger partial charge in [0.05, 0.1) is 30.9 Å². The van der Waals surface area contributed by atoms with E-state index in [2.05, 4.69) is 26.2 Å². The van der Waals surface area contributed by atoms with Gasteiger partial charge in [0.1, 0.15) is 5.75 Å². The predicted molar refractivity (Wildman–Crippen MR) is 125 cm³/mol. The summed E-state index contributed by atoms with van der Waals surface area (Å²) < 4.78 is 7.26. The van der Waals surface area contributed by atoms with Crippen LogP contribution in [0.3, 0.4) is 0 Å². The van der Waals surface area contributed by atoms with E-state index in [4.69, 9.17) is 4.74 Å². The van der Waals surface area contributed by atoms with E-state index in [-0.39, 0.29) is 24.4 Å². The molecule has 2 heterocycles. The van der Waals surface area contributed by atoms with Crippen molar-refractivity contribution in [3.8, 4) is 5.75 Å². The lowest BCUT2D eigenvalue weighted by Gasteiger charge is -2.24. The second-order valence-corrected chi connectivity index (χ2v) is 7.95. The number of hydrogen-bond donors (Lipinski definition) is 2. The van der Waals surface area contributed by atoms with Crippen LogP contribution in [0, 0.1) is 0 Å². The van der Waals surface area contributed by atoms with Crippen molar-refractivity contribution in [3.63, 3.8) is 0 Å². The maximum atomic E-state index is 12.9. The summed E-state index contributed by atoms with van der Waals surface area (Å²) in [5.74, 6) is 0.302. The Hall–Kier alpha value is -3.58. The number of nitrogens with one attached hydrogen (secondary N) is 2. The van der Waals surface area contributed by atoms with Gasteiger partial charge in [0.25, 0.3) is 5.91 Å². The molecule has 1 fully saturated rings. The highest BCUT2D eigenvalue weighted by molar-refractivity contribution is 6.10. The number of carbonyl (C=O) groups is 2. The third-order valence-corrected chi connectivity index (χ3v) is 5.83. The van der Waals surface area contributed by atoms with E-state index in [9.17, 15) is 9.59 Å². The standard InChI is InChI=1S/C25H28N4O3/c1-28-15-5-9-22(28)23-10-6-16-29(23)17-24(30)27-21-8-4-3-7-20(21)25(31)26-18-11-13-19(32-2)14-12-18/h3-5,7-9,11-15,23H,6,10,16-17H2,1-2H3,(H,26,31)(H,27,30). The van der Waals surface area contributed by atoms with Crippen LogP contribution in [0.2, 0.25) is 0 Å². The van der Waals surface area contributed by atoms with Crippen LogP contribution in [0.15, 0.2) is 66.9 Å². The minimum Gasteiger partial charge on any atom is -0.497 e. The lowest BCUT2D eigenvalue weighted by Crippen LogP contribution is -2.34. The van der Waals surface area contributed by atoms with Crippen LogP contribution in [0.5, 0.6) is 5.75 Å². The van der Waals surface area contributed by atoms with Crippen LogP contribution in [0.25, 0.3) is 0 Å². The van der Waals surface area contributed by atoms with Gasteiger partial charge in [0.15, 0.2) is 0 Å². The first-order valence-corrected chi connectivity index (χ1v) is 10.7. The summed E-state index contributed by atoms with van der Waals surface area (Å²) in [7, 11) is 3.63. The third kappa shape index (κ3) is 4.84. The Morgan fingerprint density at radius 2 is 1.81 bits per heavy atom. The van der Waals surface area contributed by atoms with Crippen LogP contribution in [-0.4, -0.2) is 41.5 Å². The van der Waals surface area contributed by atoms with Crippen LogP contribution in [0.4, 0.5) is 11.4 Å². The molecule has 1 unspecified atom stereocenters. The Labute approximate surface area is 188 Å². The average molecular weight is 433 g/mol. The van der Waals surface area contributed by atoms with Gasteiger partial charge in [-0.25, -0.2) is 0 Å². The number of ether oxygens (including phenoxy) is 1. The Morgan fingerprint density at radius 3 is 2.53 bits per heavy atom. The number of amides is 2. The molecule has 0 radical (unpaired) electrons. The number of aromatic nitrogens is 1. The minimum absolute atomic E-state index is 0.129. The number of benzene rings is 2. The van der Waals surface area contributed by atoms with Crippen molar-refractivity contribution in [2.75, 3.05) is 30.8 Å². The number of hydrogen-bond acceptors (Lipinski definition) is 4. The van der Waals surface area contributed by atoms with E-state index >= 15 is 0 Å². The fourth-order valence-electron chi connectivity index (χ4n) is 4.21. The van der Waals surface area contributed by atoms with Crippen molar-refractivity contribution < 1.29 is 14.3 Å². The molecule has 166 valence electrons. The van der Waals surface area contributed by atoms with Gasteiger partial charge in [-0.3, -0.25) is 14.5 Å². The lowest BCUT2D eigenvalue weighted by molar-refractivity contribution is -0.117. The number of aryl methyl sites for hydroxylation is 1. The third-order valence-electron chi connectivity index (χ3n) is 5.83. The molecule has 0 aliphatic carbocycles. The molecule has 32 heavy (non-hydrogen) atoms. The summed E-state index contributed by atoms with van der Waals surface area (Å²) in [5.41, 5.74) is 2.78. The maximum Gasteiger partial charge on any atom is 0.257 e. The van der Waals surface area contributed by atoms with E-state index in [1.54, 1.807) is 49.6 Å². The number of methoxy groups -OCH3 is 1. The Bertz CT molecular complexity index is 1090. The molecular weight excluding hydrogens is 404 g/mol. The van der Waals surface area contributed by atoms with Gasteiger partial charge in [-0.1, -0.05) is 12.1 Å². The summed E-state index contributed by atoms with van der Waals surface area (Å²) in [6.07, 6.45) is 4.12.